The Bertz CT molecular complexity index is 807. The van der Waals surface area contributed by atoms with Crippen molar-refractivity contribution < 1.29 is 23.8 Å². The van der Waals surface area contributed by atoms with Crippen LogP contribution in [0, 0.1) is 0 Å². The standard InChI is InChI=1S/C20H21NO5S/c1-14(26-19(22)11-12-27-16-7-5-4-6-8-16)20(23)21-15-9-10-17(24-2)18(13-15)25-3/h4-14H,1-3H3,(H,21,23)/b12-11+/t14-/m0/s1. The van der Waals surface area contributed by atoms with Gasteiger partial charge in [0.1, 0.15) is 0 Å². The van der Waals surface area contributed by atoms with Crippen LogP contribution in [0.25, 0.3) is 0 Å². The number of nitrogens with one attached hydrogen (secondary N) is 1. The molecule has 2 rings (SSSR count). The Morgan fingerprint density at radius 2 is 1.74 bits per heavy atom. The summed E-state index contributed by atoms with van der Waals surface area (Å²) in [6, 6.07) is 14.6. The van der Waals surface area contributed by atoms with Crippen molar-refractivity contribution in [1.29, 1.82) is 0 Å². The molecular formula is C20H21NO5S. The largest absolute Gasteiger partial charge is 0.493 e. The Morgan fingerprint density at radius 1 is 1.04 bits per heavy atom. The number of hydrogen-bond acceptors (Lipinski definition) is 6. The number of benzene rings is 2. The fraction of sp³-hybridized carbons (Fsp3) is 0.200. The number of esters is 1. The second kappa shape index (κ2) is 10.3. The van der Waals surface area contributed by atoms with Gasteiger partial charge in [-0.25, -0.2) is 4.79 Å². The molecule has 0 radical (unpaired) electrons. The number of amides is 1. The van der Waals surface area contributed by atoms with Gasteiger partial charge in [0, 0.05) is 22.7 Å². The van der Waals surface area contributed by atoms with Gasteiger partial charge in [-0.2, -0.15) is 0 Å². The quantitative estimate of drug-likeness (QED) is 0.421. The summed E-state index contributed by atoms with van der Waals surface area (Å²) in [5.41, 5.74) is 0.510. The summed E-state index contributed by atoms with van der Waals surface area (Å²) in [4.78, 5) is 25.1. The average Bonchev–Trinajstić information content (AvgIpc) is 2.68. The maximum Gasteiger partial charge on any atom is 0.332 e. The molecule has 0 saturated carbocycles. The molecule has 0 unspecified atom stereocenters. The molecule has 2 aromatic carbocycles. The van der Waals surface area contributed by atoms with Crippen LogP contribution in [0.15, 0.2) is 64.9 Å². The Hall–Kier alpha value is -2.93. The number of rotatable bonds is 8. The monoisotopic (exact) mass is 387 g/mol. The topological polar surface area (TPSA) is 73.9 Å². The summed E-state index contributed by atoms with van der Waals surface area (Å²) in [5, 5.41) is 4.30. The highest BCUT2D eigenvalue weighted by molar-refractivity contribution is 8.02. The molecule has 1 atom stereocenters. The molecular weight excluding hydrogens is 366 g/mol. The van der Waals surface area contributed by atoms with Gasteiger partial charge < -0.3 is 19.5 Å². The van der Waals surface area contributed by atoms with Crippen molar-refractivity contribution in [2.75, 3.05) is 19.5 Å². The normalized spacial score (nSPS) is 11.7. The van der Waals surface area contributed by atoms with Crippen LogP contribution in [0.2, 0.25) is 0 Å². The Labute approximate surface area is 162 Å². The first kappa shape index (κ1) is 20.4. The van der Waals surface area contributed by atoms with Gasteiger partial charge in [0.25, 0.3) is 5.91 Å². The zero-order valence-electron chi connectivity index (χ0n) is 15.3. The minimum Gasteiger partial charge on any atom is -0.493 e. The number of thioether (sulfide) groups is 1. The maximum atomic E-state index is 12.2. The van der Waals surface area contributed by atoms with E-state index in [9.17, 15) is 9.59 Å². The van der Waals surface area contributed by atoms with Crippen molar-refractivity contribution in [3.8, 4) is 11.5 Å². The van der Waals surface area contributed by atoms with E-state index in [1.807, 2.05) is 30.3 Å². The van der Waals surface area contributed by atoms with Crippen molar-refractivity contribution in [3.63, 3.8) is 0 Å². The van der Waals surface area contributed by atoms with Crippen LogP contribution in [0.4, 0.5) is 5.69 Å². The molecule has 1 N–H and O–H groups in total. The zero-order valence-corrected chi connectivity index (χ0v) is 16.1. The zero-order chi connectivity index (χ0) is 19.6. The van der Waals surface area contributed by atoms with Gasteiger partial charge in [0.15, 0.2) is 17.6 Å². The van der Waals surface area contributed by atoms with Crippen molar-refractivity contribution in [1.82, 2.24) is 0 Å². The fourth-order valence-electron chi connectivity index (χ4n) is 2.09. The van der Waals surface area contributed by atoms with E-state index >= 15 is 0 Å². The van der Waals surface area contributed by atoms with Crippen LogP contribution in [-0.2, 0) is 14.3 Å². The van der Waals surface area contributed by atoms with Crippen molar-refractivity contribution >= 4 is 29.3 Å². The third-order valence-electron chi connectivity index (χ3n) is 3.46. The summed E-state index contributed by atoms with van der Waals surface area (Å²) in [6.07, 6.45) is 0.342. The molecule has 7 heteroatoms. The number of ether oxygens (including phenoxy) is 3. The van der Waals surface area contributed by atoms with Gasteiger partial charge in [-0.15, -0.1) is 0 Å². The molecule has 0 aliphatic rings. The highest BCUT2D eigenvalue weighted by atomic mass is 32.2. The Morgan fingerprint density at radius 3 is 2.41 bits per heavy atom. The molecule has 0 aliphatic heterocycles. The number of anilines is 1. The van der Waals surface area contributed by atoms with E-state index in [0.29, 0.717) is 17.2 Å². The molecule has 0 aromatic heterocycles. The van der Waals surface area contributed by atoms with E-state index in [2.05, 4.69) is 5.32 Å². The molecule has 0 bridgehead atoms. The third-order valence-corrected chi connectivity index (χ3v) is 4.28. The van der Waals surface area contributed by atoms with Gasteiger partial charge in [-0.3, -0.25) is 4.79 Å². The van der Waals surface area contributed by atoms with Gasteiger partial charge in [0.05, 0.1) is 14.2 Å². The molecule has 0 aliphatic carbocycles. The first-order valence-electron chi connectivity index (χ1n) is 8.15. The summed E-state index contributed by atoms with van der Waals surface area (Å²) >= 11 is 1.39. The van der Waals surface area contributed by atoms with E-state index in [-0.39, 0.29) is 0 Å². The molecule has 6 nitrogen and oxygen atoms in total. The summed E-state index contributed by atoms with van der Waals surface area (Å²) in [7, 11) is 3.04. The van der Waals surface area contributed by atoms with Crippen LogP contribution < -0.4 is 14.8 Å². The van der Waals surface area contributed by atoms with E-state index in [1.165, 1.54) is 39.0 Å². The summed E-state index contributed by atoms with van der Waals surface area (Å²) in [5.74, 6) is 0.00456. The fourth-order valence-corrected chi connectivity index (χ4v) is 2.74. The Kier molecular flexibility index (Phi) is 7.76. The first-order valence-corrected chi connectivity index (χ1v) is 9.03. The molecule has 0 spiro atoms. The Balaban J connectivity index is 1.86. The summed E-state index contributed by atoms with van der Waals surface area (Å²) in [6.45, 7) is 1.51. The molecule has 27 heavy (non-hydrogen) atoms. The SMILES string of the molecule is COc1ccc(NC(=O)[C@H](C)OC(=O)/C=C/Sc2ccccc2)cc1OC. The molecule has 142 valence electrons. The van der Waals surface area contributed by atoms with Gasteiger partial charge in [0.2, 0.25) is 0 Å². The van der Waals surface area contributed by atoms with Gasteiger partial charge in [-0.05, 0) is 36.6 Å². The van der Waals surface area contributed by atoms with Gasteiger partial charge >= 0.3 is 5.97 Å². The molecule has 1 amide bonds. The maximum absolute atomic E-state index is 12.2. The lowest BCUT2D eigenvalue weighted by atomic mass is 10.2. The highest BCUT2D eigenvalue weighted by Gasteiger charge is 2.17. The lowest BCUT2D eigenvalue weighted by Crippen LogP contribution is -2.29. The highest BCUT2D eigenvalue weighted by Crippen LogP contribution is 2.29. The second-order valence-corrected chi connectivity index (χ2v) is 6.35. The number of methoxy groups -OCH3 is 2. The number of carbonyl (C=O) groups excluding carboxylic acids is 2. The molecule has 0 heterocycles. The van der Waals surface area contributed by atoms with E-state index in [1.54, 1.807) is 23.6 Å². The second-order valence-electron chi connectivity index (χ2n) is 5.37. The van der Waals surface area contributed by atoms with Crippen LogP contribution in [0.1, 0.15) is 6.92 Å². The predicted molar refractivity (Wildman–Crippen MR) is 105 cm³/mol. The lowest BCUT2D eigenvalue weighted by Gasteiger charge is -2.14. The average molecular weight is 387 g/mol. The van der Waals surface area contributed by atoms with Crippen LogP contribution in [-0.4, -0.2) is 32.2 Å². The molecule has 2 aromatic rings. The van der Waals surface area contributed by atoms with Crippen LogP contribution >= 0.6 is 11.8 Å². The summed E-state index contributed by atoms with van der Waals surface area (Å²) < 4.78 is 15.5. The third kappa shape index (κ3) is 6.38. The van der Waals surface area contributed by atoms with Gasteiger partial charge in [-0.1, -0.05) is 30.0 Å². The van der Waals surface area contributed by atoms with E-state index < -0.39 is 18.0 Å². The molecule has 0 saturated heterocycles. The number of carbonyl (C=O) groups is 2. The van der Waals surface area contributed by atoms with Crippen LogP contribution in [0.3, 0.4) is 0 Å². The molecule has 0 fully saturated rings. The predicted octanol–water partition coefficient (Wildman–Crippen LogP) is 3.88. The lowest BCUT2D eigenvalue weighted by molar-refractivity contribution is -0.148. The van der Waals surface area contributed by atoms with E-state index in [4.69, 9.17) is 14.2 Å². The van der Waals surface area contributed by atoms with Crippen molar-refractivity contribution in [3.05, 3.63) is 60.0 Å². The minimum atomic E-state index is -0.947. The van der Waals surface area contributed by atoms with Crippen LogP contribution in [0.5, 0.6) is 11.5 Å². The first-order chi connectivity index (χ1) is 13.0. The minimum absolute atomic E-state index is 0.445. The number of hydrogen-bond donors (Lipinski definition) is 1. The van der Waals surface area contributed by atoms with Crippen molar-refractivity contribution in [2.24, 2.45) is 0 Å². The smallest absolute Gasteiger partial charge is 0.332 e. The van der Waals surface area contributed by atoms with E-state index in [0.717, 1.165) is 4.90 Å². The van der Waals surface area contributed by atoms with Crippen molar-refractivity contribution in [2.45, 2.75) is 17.9 Å².